The molecule has 4 nitrogen and oxygen atoms in total. The summed E-state index contributed by atoms with van der Waals surface area (Å²) in [6.45, 7) is 6.44. The normalized spacial score (nSPS) is 12.4. The van der Waals surface area contributed by atoms with Gasteiger partial charge in [-0.15, -0.1) is 0 Å². The number of nitrogens with zero attached hydrogens (tertiary/aromatic N) is 1. The molecule has 0 aliphatic heterocycles. The fraction of sp³-hybridized carbons (Fsp3) is 0.615. The molecule has 1 N–H and O–H groups in total. The summed E-state index contributed by atoms with van der Waals surface area (Å²) in [7, 11) is 1.66. The lowest BCUT2D eigenvalue weighted by Crippen LogP contribution is -2.26. The van der Waals surface area contributed by atoms with E-state index in [2.05, 4.69) is 24.1 Å². The minimum atomic E-state index is 0.0858. The van der Waals surface area contributed by atoms with Gasteiger partial charge in [-0.3, -0.25) is 4.98 Å². The highest BCUT2D eigenvalue weighted by Gasteiger charge is 2.16. The molecule has 1 unspecified atom stereocenters. The number of ether oxygens (including phenoxy) is 2. The molecular formula is C13H22N2O2. The monoisotopic (exact) mass is 238 g/mol. The van der Waals surface area contributed by atoms with Crippen LogP contribution in [0.25, 0.3) is 0 Å². The second-order valence-electron chi connectivity index (χ2n) is 3.78. The Labute approximate surface area is 103 Å². The van der Waals surface area contributed by atoms with E-state index in [0.29, 0.717) is 6.61 Å². The molecule has 0 aromatic carbocycles. The molecule has 0 aliphatic rings. The zero-order valence-electron chi connectivity index (χ0n) is 10.9. The van der Waals surface area contributed by atoms with E-state index in [0.717, 1.165) is 31.0 Å². The van der Waals surface area contributed by atoms with E-state index >= 15 is 0 Å². The number of hydrogen-bond acceptors (Lipinski definition) is 4. The van der Waals surface area contributed by atoms with Crippen molar-refractivity contribution in [3.05, 3.63) is 24.0 Å². The minimum Gasteiger partial charge on any atom is -0.495 e. The van der Waals surface area contributed by atoms with Crippen molar-refractivity contribution >= 4 is 0 Å². The molecule has 0 fully saturated rings. The van der Waals surface area contributed by atoms with E-state index in [1.807, 2.05) is 12.1 Å². The van der Waals surface area contributed by atoms with E-state index < -0.39 is 0 Å². The number of methoxy groups -OCH3 is 1. The third-order valence-electron chi connectivity index (χ3n) is 2.43. The zero-order valence-corrected chi connectivity index (χ0v) is 10.9. The van der Waals surface area contributed by atoms with Gasteiger partial charge in [0.2, 0.25) is 0 Å². The van der Waals surface area contributed by atoms with E-state index in [1.54, 1.807) is 13.3 Å². The highest BCUT2D eigenvalue weighted by Crippen LogP contribution is 2.22. The van der Waals surface area contributed by atoms with Crippen LogP contribution >= 0.6 is 0 Å². The van der Waals surface area contributed by atoms with E-state index in [4.69, 9.17) is 9.47 Å². The van der Waals surface area contributed by atoms with Crippen LogP contribution in [0.3, 0.4) is 0 Å². The molecule has 0 bridgehead atoms. The molecule has 0 radical (unpaired) electrons. The van der Waals surface area contributed by atoms with Crippen LogP contribution in [0.4, 0.5) is 0 Å². The highest BCUT2D eigenvalue weighted by atomic mass is 16.5. The minimum absolute atomic E-state index is 0.0858. The first-order valence-corrected chi connectivity index (χ1v) is 6.13. The van der Waals surface area contributed by atoms with Crippen molar-refractivity contribution in [2.45, 2.75) is 26.3 Å². The van der Waals surface area contributed by atoms with Gasteiger partial charge in [-0.25, -0.2) is 0 Å². The number of rotatable bonds is 8. The third kappa shape index (κ3) is 4.32. The van der Waals surface area contributed by atoms with Crippen molar-refractivity contribution in [1.29, 1.82) is 0 Å². The maximum Gasteiger partial charge on any atom is 0.142 e. The van der Waals surface area contributed by atoms with E-state index in [1.165, 1.54) is 0 Å². The summed E-state index contributed by atoms with van der Waals surface area (Å²) in [6, 6.07) is 3.88. The van der Waals surface area contributed by atoms with Crippen molar-refractivity contribution < 1.29 is 9.47 Å². The van der Waals surface area contributed by atoms with Gasteiger partial charge in [-0.05, 0) is 25.1 Å². The molecule has 96 valence electrons. The molecule has 0 spiro atoms. The largest absolute Gasteiger partial charge is 0.495 e. The van der Waals surface area contributed by atoms with Crippen molar-refractivity contribution in [1.82, 2.24) is 10.3 Å². The molecule has 1 heterocycles. The van der Waals surface area contributed by atoms with Crippen molar-refractivity contribution in [3.63, 3.8) is 0 Å². The van der Waals surface area contributed by atoms with Gasteiger partial charge in [0, 0.05) is 12.8 Å². The van der Waals surface area contributed by atoms with Crippen LogP contribution in [0.2, 0.25) is 0 Å². The molecule has 0 saturated heterocycles. The van der Waals surface area contributed by atoms with Gasteiger partial charge in [0.05, 0.1) is 19.8 Å². The Hall–Kier alpha value is -1.13. The van der Waals surface area contributed by atoms with Crippen LogP contribution < -0.4 is 10.1 Å². The van der Waals surface area contributed by atoms with Crippen LogP contribution in [-0.4, -0.2) is 31.9 Å². The zero-order chi connectivity index (χ0) is 12.5. The summed E-state index contributed by atoms with van der Waals surface area (Å²) in [4.78, 5) is 4.38. The summed E-state index contributed by atoms with van der Waals surface area (Å²) in [6.07, 6.45) is 2.81. The molecule has 1 aromatic rings. The molecule has 1 rings (SSSR count). The second-order valence-corrected chi connectivity index (χ2v) is 3.78. The summed E-state index contributed by atoms with van der Waals surface area (Å²) in [5.41, 5.74) is 0.910. The number of pyridine rings is 1. The number of likely N-dealkylation sites (N-methyl/N-ethyl adjacent to an activating group) is 1. The molecule has 4 heteroatoms. The van der Waals surface area contributed by atoms with Crippen LogP contribution in [0, 0.1) is 0 Å². The molecule has 0 saturated carbocycles. The van der Waals surface area contributed by atoms with Crippen molar-refractivity contribution in [2.24, 2.45) is 0 Å². The predicted octanol–water partition coefficient (Wildman–Crippen LogP) is 2.17. The van der Waals surface area contributed by atoms with Crippen molar-refractivity contribution in [2.75, 3.05) is 26.9 Å². The first-order chi connectivity index (χ1) is 8.33. The quantitative estimate of drug-likeness (QED) is 0.705. The van der Waals surface area contributed by atoms with E-state index in [9.17, 15) is 0 Å². The fourth-order valence-corrected chi connectivity index (χ4v) is 1.66. The van der Waals surface area contributed by atoms with Gasteiger partial charge in [0.15, 0.2) is 0 Å². The van der Waals surface area contributed by atoms with Gasteiger partial charge in [0.25, 0.3) is 0 Å². The predicted molar refractivity (Wildman–Crippen MR) is 68.3 cm³/mol. The Kier molecular flexibility index (Phi) is 6.58. The molecule has 1 atom stereocenters. The Balaban J connectivity index is 2.73. The SMILES string of the molecule is CCCOCC(NCC)c1ncccc1OC. The smallest absolute Gasteiger partial charge is 0.142 e. The van der Waals surface area contributed by atoms with Gasteiger partial charge in [-0.1, -0.05) is 13.8 Å². The molecule has 17 heavy (non-hydrogen) atoms. The molecule has 0 aliphatic carbocycles. The van der Waals surface area contributed by atoms with E-state index in [-0.39, 0.29) is 6.04 Å². The van der Waals surface area contributed by atoms with Crippen LogP contribution in [0.15, 0.2) is 18.3 Å². The topological polar surface area (TPSA) is 43.4 Å². The molecule has 1 aromatic heterocycles. The maximum absolute atomic E-state index is 5.59. The summed E-state index contributed by atoms with van der Waals surface area (Å²) in [5.74, 6) is 0.804. The second kappa shape index (κ2) is 8.03. The fourth-order valence-electron chi connectivity index (χ4n) is 1.66. The lowest BCUT2D eigenvalue weighted by atomic mass is 10.2. The van der Waals surface area contributed by atoms with Gasteiger partial charge >= 0.3 is 0 Å². The van der Waals surface area contributed by atoms with Crippen LogP contribution in [-0.2, 0) is 4.74 Å². The first-order valence-electron chi connectivity index (χ1n) is 6.13. The number of nitrogens with one attached hydrogen (secondary N) is 1. The Morgan fingerprint density at radius 3 is 2.88 bits per heavy atom. The average molecular weight is 238 g/mol. The first kappa shape index (κ1) is 13.9. The van der Waals surface area contributed by atoms with Gasteiger partial charge < -0.3 is 14.8 Å². The molecular weight excluding hydrogens is 216 g/mol. The Bertz CT molecular complexity index is 318. The average Bonchev–Trinajstić information content (AvgIpc) is 2.38. The third-order valence-corrected chi connectivity index (χ3v) is 2.43. The number of hydrogen-bond donors (Lipinski definition) is 1. The highest BCUT2D eigenvalue weighted by molar-refractivity contribution is 5.29. The van der Waals surface area contributed by atoms with Crippen LogP contribution in [0.5, 0.6) is 5.75 Å². The van der Waals surface area contributed by atoms with Crippen LogP contribution in [0.1, 0.15) is 32.0 Å². The van der Waals surface area contributed by atoms with Crippen molar-refractivity contribution in [3.8, 4) is 5.75 Å². The standard InChI is InChI=1S/C13H22N2O2/c1-4-9-17-10-11(14-5-2)13-12(16-3)7-6-8-15-13/h6-8,11,14H,4-5,9-10H2,1-3H3. The molecule has 0 amide bonds. The van der Waals surface area contributed by atoms with Gasteiger partial charge in [0.1, 0.15) is 11.4 Å². The summed E-state index contributed by atoms with van der Waals surface area (Å²) >= 11 is 0. The van der Waals surface area contributed by atoms with Gasteiger partial charge in [-0.2, -0.15) is 0 Å². The Morgan fingerprint density at radius 2 is 2.24 bits per heavy atom. The maximum atomic E-state index is 5.59. The summed E-state index contributed by atoms with van der Waals surface area (Å²) in [5, 5.41) is 3.37. The lowest BCUT2D eigenvalue weighted by molar-refractivity contribution is 0.110. The lowest BCUT2D eigenvalue weighted by Gasteiger charge is -2.19. The number of aromatic nitrogens is 1. The Morgan fingerprint density at radius 1 is 1.41 bits per heavy atom. The summed E-state index contributed by atoms with van der Waals surface area (Å²) < 4.78 is 10.9.